The quantitative estimate of drug-likeness (QED) is 0.827. The van der Waals surface area contributed by atoms with Gasteiger partial charge in [0.2, 0.25) is 5.91 Å². The number of nitrogens with one attached hydrogen (secondary N) is 2. The summed E-state index contributed by atoms with van der Waals surface area (Å²) in [6.45, 7) is 0.710. The molecule has 1 aliphatic heterocycles. The van der Waals surface area contributed by atoms with Gasteiger partial charge in [-0.3, -0.25) is 4.79 Å². The Balaban J connectivity index is 1.53. The van der Waals surface area contributed by atoms with Gasteiger partial charge in [-0.25, -0.2) is 4.79 Å². The van der Waals surface area contributed by atoms with Crippen LogP contribution in [-0.2, 0) is 4.79 Å². The van der Waals surface area contributed by atoms with Gasteiger partial charge in [-0.05, 0) is 38.5 Å². The average Bonchev–Trinajstić information content (AvgIpc) is 3.12. The van der Waals surface area contributed by atoms with Crippen LogP contribution >= 0.6 is 0 Å². The maximum Gasteiger partial charge on any atom is 0.318 e. The third kappa shape index (κ3) is 3.25. The van der Waals surface area contributed by atoms with E-state index in [9.17, 15) is 9.59 Å². The maximum atomic E-state index is 12.4. The van der Waals surface area contributed by atoms with Crippen LogP contribution in [0.3, 0.4) is 0 Å². The first kappa shape index (κ1) is 13.7. The van der Waals surface area contributed by atoms with Crippen molar-refractivity contribution >= 4 is 11.9 Å². The monoisotopic (exact) mass is 279 g/mol. The van der Waals surface area contributed by atoms with Crippen molar-refractivity contribution in [3.8, 4) is 0 Å². The second kappa shape index (κ2) is 6.02. The van der Waals surface area contributed by atoms with E-state index in [4.69, 9.17) is 0 Å². The van der Waals surface area contributed by atoms with Crippen molar-refractivity contribution in [2.45, 2.75) is 75.9 Å². The highest BCUT2D eigenvalue weighted by molar-refractivity contribution is 5.88. The predicted molar refractivity (Wildman–Crippen MR) is 76.3 cm³/mol. The Bertz CT molecular complexity index is 375. The Labute approximate surface area is 120 Å². The third-order valence-corrected chi connectivity index (χ3v) is 4.67. The molecule has 1 saturated heterocycles. The third-order valence-electron chi connectivity index (χ3n) is 4.67. The zero-order chi connectivity index (χ0) is 13.9. The fraction of sp³-hybridized carbons (Fsp3) is 0.867. The number of carbonyl (C=O) groups excluding carboxylic acids is 2. The number of carbonyl (C=O) groups is 2. The molecule has 2 aliphatic carbocycles. The van der Waals surface area contributed by atoms with Crippen LogP contribution in [-0.4, -0.2) is 41.5 Å². The van der Waals surface area contributed by atoms with E-state index >= 15 is 0 Å². The zero-order valence-electron chi connectivity index (χ0n) is 12.1. The summed E-state index contributed by atoms with van der Waals surface area (Å²) in [5.41, 5.74) is 0. The number of hydrogen-bond donors (Lipinski definition) is 2. The molecule has 1 atom stereocenters. The van der Waals surface area contributed by atoms with Gasteiger partial charge in [-0.2, -0.15) is 0 Å². The van der Waals surface area contributed by atoms with Crippen LogP contribution in [0.25, 0.3) is 0 Å². The van der Waals surface area contributed by atoms with E-state index in [1.165, 1.54) is 19.3 Å². The van der Waals surface area contributed by atoms with Gasteiger partial charge >= 0.3 is 6.03 Å². The Kier molecular flexibility index (Phi) is 4.13. The molecule has 2 saturated carbocycles. The fourth-order valence-corrected chi connectivity index (χ4v) is 3.31. The lowest BCUT2D eigenvalue weighted by Gasteiger charge is -2.28. The Morgan fingerprint density at radius 3 is 2.20 bits per heavy atom. The lowest BCUT2D eigenvalue weighted by atomic mass is 9.95. The standard InChI is InChI=1S/C15H25N3O2/c19-14(16-11-5-2-1-3-6-11)13-7-4-10-18(13)15(20)17-12-8-9-12/h11-13H,1-10H2,(H,16,19)(H,17,20)/t13-/m1/s1. The summed E-state index contributed by atoms with van der Waals surface area (Å²) >= 11 is 0. The molecule has 2 N–H and O–H groups in total. The molecule has 0 aromatic carbocycles. The van der Waals surface area contributed by atoms with E-state index < -0.39 is 0 Å². The van der Waals surface area contributed by atoms with Crippen molar-refractivity contribution in [1.29, 1.82) is 0 Å². The van der Waals surface area contributed by atoms with E-state index in [1.807, 2.05) is 0 Å². The molecule has 0 spiro atoms. The van der Waals surface area contributed by atoms with Crippen molar-refractivity contribution < 1.29 is 9.59 Å². The van der Waals surface area contributed by atoms with Gasteiger partial charge in [0.1, 0.15) is 6.04 Å². The fourth-order valence-electron chi connectivity index (χ4n) is 3.31. The summed E-state index contributed by atoms with van der Waals surface area (Å²) in [5.74, 6) is 0.0559. The molecule has 3 aliphatic rings. The molecule has 0 bridgehead atoms. The van der Waals surface area contributed by atoms with Gasteiger partial charge in [0.05, 0.1) is 0 Å². The van der Waals surface area contributed by atoms with Gasteiger partial charge in [0.15, 0.2) is 0 Å². The molecule has 1 heterocycles. The molecule has 3 amide bonds. The summed E-state index contributed by atoms with van der Waals surface area (Å²) in [5, 5.41) is 6.15. The van der Waals surface area contributed by atoms with Crippen LogP contribution in [0.2, 0.25) is 0 Å². The van der Waals surface area contributed by atoms with Gasteiger partial charge in [0, 0.05) is 18.6 Å². The van der Waals surface area contributed by atoms with E-state index in [2.05, 4.69) is 10.6 Å². The van der Waals surface area contributed by atoms with Gasteiger partial charge < -0.3 is 15.5 Å². The van der Waals surface area contributed by atoms with Crippen LogP contribution in [0.15, 0.2) is 0 Å². The predicted octanol–water partition coefficient (Wildman–Crippen LogP) is 1.77. The van der Waals surface area contributed by atoms with Crippen LogP contribution < -0.4 is 10.6 Å². The normalized spacial score (nSPS) is 27.4. The van der Waals surface area contributed by atoms with Crippen LogP contribution in [0.4, 0.5) is 4.79 Å². The van der Waals surface area contributed by atoms with E-state index in [0.29, 0.717) is 18.6 Å². The second-order valence-electron chi connectivity index (χ2n) is 6.42. The number of urea groups is 1. The maximum absolute atomic E-state index is 12.4. The average molecular weight is 279 g/mol. The summed E-state index contributed by atoms with van der Waals surface area (Å²) < 4.78 is 0. The van der Waals surface area contributed by atoms with Crippen LogP contribution in [0.1, 0.15) is 57.8 Å². The number of amides is 3. The summed E-state index contributed by atoms with van der Waals surface area (Å²) in [6, 6.07) is 0.375. The Morgan fingerprint density at radius 2 is 1.50 bits per heavy atom. The number of likely N-dealkylation sites (tertiary alicyclic amines) is 1. The highest BCUT2D eigenvalue weighted by Crippen LogP contribution is 2.23. The largest absolute Gasteiger partial charge is 0.352 e. The van der Waals surface area contributed by atoms with Gasteiger partial charge in [-0.15, -0.1) is 0 Å². The molecule has 112 valence electrons. The molecular formula is C15H25N3O2. The first-order valence-electron chi connectivity index (χ1n) is 8.11. The molecule has 0 unspecified atom stereocenters. The smallest absolute Gasteiger partial charge is 0.318 e. The lowest BCUT2D eigenvalue weighted by Crippen LogP contribution is -2.52. The minimum Gasteiger partial charge on any atom is -0.352 e. The lowest BCUT2D eigenvalue weighted by molar-refractivity contribution is -0.125. The molecular weight excluding hydrogens is 254 g/mol. The molecule has 20 heavy (non-hydrogen) atoms. The first-order chi connectivity index (χ1) is 9.74. The van der Waals surface area contributed by atoms with E-state index in [1.54, 1.807) is 4.90 Å². The van der Waals surface area contributed by atoms with Crippen molar-refractivity contribution in [2.75, 3.05) is 6.54 Å². The van der Waals surface area contributed by atoms with Crippen molar-refractivity contribution in [3.63, 3.8) is 0 Å². The number of nitrogens with zero attached hydrogens (tertiary/aromatic N) is 1. The number of hydrogen-bond acceptors (Lipinski definition) is 2. The Hall–Kier alpha value is -1.26. The minimum absolute atomic E-state index is 0.0474. The SMILES string of the molecule is O=C(NC1CCCCC1)[C@H]1CCCN1C(=O)NC1CC1. The molecule has 5 heteroatoms. The molecule has 3 fully saturated rings. The summed E-state index contributed by atoms with van der Waals surface area (Å²) in [6.07, 6.45) is 9.78. The van der Waals surface area contributed by atoms with Crippen LogP contribution in [0.5, 0.6) is 0 Å². The second-order valence-corrected chi connectivity index (χ2v) is 6.42. The van der Waals surface area contributed by atoms with Gasteiger partial charge in [-0.1, -0.05) is 19.3 Å². The molecule has 0 radical (unpaired) electrons. The van der Waals surface area contributed by atoms with Crippen LogP contribution in [0, 0.1) is 0 Å². The van der Waals surface area contributed by atoms with E-state index in [0.717, 1.165) is 38.5 Å². The molecule has 0 aromatic rings. The molecule has 3 rings (SSSR count). The van der Waals surface area contributed by atoms with Crippen molar-refractivity contribution in [3.05, 3.63) is 0 Å². The molecule has 0 aromatic heterocycles. The highest BCUT2D eigenvalue weighted by Gasteiger charge is 2.36. The highest BCUT2D eigenvalue weighted by atomic mass is 16.2. The minimum atomic E-state index is -0.254. The molecule has 5 nitrogen and oxygen atoms in total. The summed E-state index contributed by atoms with van der Waals surface area (Å²) in [4.78, 5) is 26.3. The topological polar surface area (TPSA) is 61.4 Å². The first-order valence-corrected chi connectivity index (χ1v) is 8.11. The van der Waals surface area contributed by atoms with Crippen molar-refractivity contribution in [2.24, 2.45) is 0 Å². The van der Waals surface area contributed by atoms with Gasteiger partial charge in [0.25, 0.3) is 0 Å². The Morgan fingerprint density at radius 1 is 0.800 bits per heavy atom. The van der Waals surface area contributed by atoms with E-state index in [-0.39, 0.29) is 18.0 Å². The zero-order valence-corrected chi connectivity index (χ0v) is 12.1. The van der Waals surface area contributed by atoms with Crippen molar-refractivity contribution in [1.82, 2.24) is 15.5 Å². The summed E-state index contributed by atoms with van der Waals surface area (Å²) in [7, 11) is 0. The number of rotatable bonds is 3.